The molecule has 0 spiro atoms. The summed E-state index contributed by atoms with van der Waals surface area (Å²) < 4.78 is 25.0. The van der Waals surface area contributed by atoms with Crippen LogP contribution in [0, 0.1) is 5.92 Å². The van der Waals surface area contributed by atoms with Crippen molar-refractivity contribution in [2.24, 2.45) is 11.1 Å². The highest BCUT2D eigenvalue weighted by Gasteiger charge is 2.35. The Kier molecular flexibility index (Phi) is 3.47. The van der Waals surface area contributed by atoms with Crippen LogP contribution in [0.25, 0.3) is 0 Å². The Morgan fingerprint density at radius 3 is 2.32 bits per heavy atom. The van der Waals surface area contributed by atoms with Gasteiger partial charge in [0.2, 0.25) is 0 Å². The molecule has 0 aromatic carbocycles. The Morgan fingerprint density at radius 2 is 1.89 bits per heavy atom. The maximum absolute atomic E-state index is 11.7. The monoisotopic (exact) mass is 286 g/mol. The minimum Gasteiger partial charge on any atom is -0.295 e. The summed E-state index contributed by atoms with van der Waals surface area (Å²) in [5.41, 5.74) is -0.414. The Hall–Kier alpha value is -0.950. The van der Waals surface area contributed by atoms with Crippen molar-refractivity contribution in [2.45, 2.75) is 63.6 Å². The smallest absolute Gasteiger partial charge is 0.273 e. The topological polar surface area (TPSA) is 90.9 Å². The van der Waals surface area contributed by atoms with E-state index in [1.807, 2.05) is 20.8 Å². The van der Waals surface area contributed by atoms with E-state index in [1.54, 1.807) is 4.57 Å². The summed E-state index contributed by atoms with van der Waals surface area (Å²) in [5, 5.41) is 13.1. The molecule has 0 bridgehead atoms. The van der Waals surface area contributed by atoms with Crippen LogP contribution in [0.5, 0.6) is 0 Å². The summed E-state index contributed by atoms with van der Waals surface area (Å²) in [6.07, 6.45) is 3.32. The standard InChI is InChI=1S/C12H22N4O2S/c1-8-6-5-7-9(8)10-14-15-11(19(13,17)18)16(10)12(2,3)4/h8-9H,5-7H2,1-4H3,(H2,13,17,18). The van der Waals surface area contributed by atoms with Gasteiger partial charge in [-0.2, -0.15) is 0 Å². The molecule has 19 heavy (non-hydrogen) atoms. The second-order valence-corrected chi connectivity index (χ2v) is 7.86. The number of hydrogen-bond donors (Lipinski definition) is 1. The average Bonchev–Trinajstić information content (AvgIpc) is 2.79. The van der Waals surface area contributed by atoms with Crippen LogP contribution >= 0.6 is 0 Å². The zero-order valence-electron chi connectivity index (χ0n) is 11.9. The Morgan fingerprint density at radius 1 is 1.26 bits per heavy atom. The van der Waals surface area contributed by atoms with Gasteiger partial charge in [0.1, 0.15) is 5.82 Å². The molecule has 1 heterocycles. The first kappa shape index (κ1) is 14.5. The molecule has 1 aliphatic carbocycles. The van der Waals surface area contributed by atoms with Gasteiger partial charge in [0.15, 0.2) is 0 Å². The van der Waals surface area contributed by atoms with Crippen molar-refractivity contribution in [3.8, 4) is 0 Å². The van der Waals surface area contributed by atoms with Gasteiger partial charge in [0, 0.05) is 11.5 Å². The molecule has 0 saturated heterocycles. The summed E-state index contributed by atoms with van der Waals surface area (Å²) in [7, 11) is -3.85. The minimum absolute atomic E-state index is 0.130. The van der Waals surface area contributed by atoms with Crippen molar-refractivity contribution in [3.05, 3.63) is 5.82 Å². The molecule has 1 aliphatic rings. The van der Waals surface area contributed by atoms with E-state index in [1.165, 1.54) is 0 Å². The molecule has 2 rings (SSSR count). The van der Waals surface area contributed by atoms with Crippen molar-refractivity contribution in [2.75, 3.05) is 0 Å². The zero-order chi connectivity index (χ0) is 14.4. The van der Waals surface area contributed by atoms with Crippen molar-refractivity contribution in [1.82, 2.24) is 14.8 Å². The fourth-order valence-corrected chi connectivity index (χ4v) is 3.64. The van der Waals surface area contributed by atoms with Gasteiger partial charge in [0.25, 0.3) is 15.2 Å². The molecule has 7 heteroatoms. The third-order valence-electron chi connectivity index (χ3n) is 3.78. The van der Waals surface area contributed by atoms with E-state index in [4.69, 9.17) is 5.14 Å². The molecule has 108 valence electrons. The van der Waals surface area contributed by atoms with E-state index in [2.05, 4.69) is 17.1 Å². The quantitative estimate of drug-likeness (QED) is 0.893. The molecule has 1 saturated carbocycles. The zero-order valence-corrected chi connectivity index (χ0v) is 12.7. The number of nitrogens with two attached hydrogens (primary N) is 1. The predicted octanol–water partition coefficient (Wildman–Crippen LogP) is 1.58. The fraction of sp³-hybridized carbons (Fsp3) is 0.833. The normalized spacial score (nSPS) is 24.9. The molecule has 0 radical (unpaired) electrons. The SMILES string of the molecule is CC1CCCC1c1nnc(S(N)(=O)=O)n1C(C)(C)C. The van der Waals surface area contributed by atoms with E-state index in [-0.39, 0.29) is 11.1 Å². The van der Waals surface area contributed by atoms with Crippen LogP contribution in [0.15, 0.2) is 5.16 Å². The molecule has 1 aromatic heterocycles. The molecule has 2 unspecified atom stereocenters. The van der Waals surface area contributed by atoms with E-state index in [0.29, 0.717) is 5.92 Å². The summed E-state index contributed by atoms with van der Waals surface area (Å²) in [4.78, 5) is 0. The van der Waals surface area contributed by atoms with E-state index < -0.39 is 15.6 Å². The van der Waals surface area contributed by atoms with Crippen molar-refractivity contribution >= 4 is 10.0 Å². The van der Waals surface area contributed by atoms with Gasteiger partial charge in [-0.1, -0.05) is 13.3 Å². The van der Waals surface area contributed by atoms with Crippen molar-refractivity contribution < 1.29 is 8.42 Å². The molecule has 1 aromatic rings. The van der Waals surface area contributed by atoms with Gasteiger partial charge in [-0.15, -0.1) is 10.2 Å². The summed E-state index contributed by atoms with van der Waals surface area (Å²) in [6, 6.07) is 0. The van der Waals surface area contributed by atoms with Gasteiger partial charge in [-0.3, -0.25) is 4.57 Å². The van der Waals surface area contributed by atoms with Crippen molar-refractivity contribution in [1.29, 1.82) is 0 Å². The van der Waals surface area contributed by atoms with Crippen LogP contribution in [0.1, 0.15) is 58.7 Å². The molecule has 2 N–H and O–H groups in total. The fourth-order valence-electron chi connectivity index (χ4n) is 2.87. The van der Waals surface area contributed by atoms with Gasteiger partial charge < -0.3 is 0 Å². The Bertz CT molecular complexity index is 571. The second kappa shape index (κ2) is 4.56. The minimum atomic E-state index is -3.85. The van der Waals surface area contributed by atoms with E-state index >= 15 is 0 Å². The third-order valence-corrected chi connectivity index (χ3v) is 4.55. The summed E-state index contributed by atoms with van der Waals surface area (Å²) in [6.45, 7) is 7.99. The number of hydrogen-bond acceptors (Lipinski definition) is 4. The summed E-state index contributed by atoms with van der Waals surface area (Å²) >= 11 is 0. The predicted molar refractivity (Wildman–Crippen MR) is 72.1 cm³/mol. The van der Waals surface area contributed by atoms with Crippen molar-refractivity contribution in [3.63, 3.8) is 0 Å². The molecule has 0 amide bonds. The van der Waals surface area contributed by atoms with Crippen LogP contribution in [-0.4, -0.2) is 23.2 Å². The van der Waals surface area contributed by atoms with Gasteiger partial charge >= 0.3 is 0 Å². The largest absolute Gasteiger partial charge is 0.295 e. The van der Waals surface area contributed by atoms with E-state index in [9.17, 15) is 8.42 Å². The Balaban J connectivity index is 2.60. The number of sulfonamides is 1. The lowest BCUT2D eigenvalue weighted by molar-refractivity contribution is 0.332. The maximum Gasteiger partial charge on any atom is 0.273 e. The van der Waals surface area contributed by atoms with Crippen LogP contribution < -0.4 is 5.14 Å². The second-order valence-electron chi connectivity index (χ2n) is 6.41. The maximum atomic E-state index is 11.7. The molecule has 1 fully saturated rings. The third kappa shape index (κ3) is 2.67. The number of rotatable bonds is 2. The van der Waals surface area contributed by atoms with Crippen LogP contribution in [-0.2, 0) is 15.6 Å². The highest BCUT2D eigenvalue weighted by molar-refractivity contribution is 7.89. The number of primary sulfonamides is 1. The lowest BCUT2D eigenvalue weighted by atomic mass is 9.96. The number of nitrogens with zero attached hydrogens (tertiary/aromatic N) is 3. The molecular weight excluding hydrogens is 264 g/mol. The molecule has 6 nitrogen and oxygen atoms in total. The lowest BCUT2D eigenvalue weighted by Crippen LogP contribution is -2.31. The highest BCUT2D eigenvalue weighted by atomic mass is 32.2. The first-order valence-electron chi connectivity index (χ1n) is 6.61. The van der Waals surface area contributed by atoms with Crippen LogP contribution in [0.4, 0.5) is 0 Å². The molecular formula is C12H22N4O2S. The lowest BCUT2D eigenvalue weighted by Gasteiger charge is -2.27. The molecule has 0 aliphatic heterocycles. The van der Waals surface area contributed by atoms with Crippen LogP contribution in [0.2, 0.25) is 0 Å². The first-order valence-corrected chi connectivity index (χ1v) is 8.15. The summed E-state index contributed by atoms with van der Waals surface area (Å²) in [5.74, 6) is 1.52. The number of aromatic nitrogens is 3. The van der Waals surface area contributed by atoms with Gasteiger partial charge in [0.05, 0.1) is 0 Å². The molecule has 2 atom stereocenters. The van der Waals surface area contributed by atoms with Gasteiger partial charge in [-0.25, -0.2) is 13.6 Å². The first-order chi connectivity index (χ1) is 8.62. The Labute approximate surface area is 114 Å². The highest BCUT2D eigenvalue weighted by Crippen LogP contribution is 2.40. The average molecular weight is 286 g/mol. The van der Waals surface area contributed by atoms with E-state index in [0.717, 1.165) is 25.1 Å². The van der Waals surface area contributed by atoms with Crippen LogP contribution in [0.3, 0.4) is 0 Å². The van der Waals surface area contributed by atoms with Gasteiger partial charge in [-0.05, 0) is 39.5 Å².